The maximum Gasteiger partial charge on any atom is 0.363 e. The van der Waals surface area contributed by atoms with Gasteiger partial charge in [-0.05, 0) is 22.4 Å². The summed E-state index contributed by atoms with van der Waals surface area (Å²) in [6, 6.07) is 2.90. The molecule has 1 aromatic heterocycles. The van der Waals surface area contributed by atoms with Crippen LogP contribution < -0.4 is 5.32 Å². The Hall–Kier alpha value is -1.73. The molecule has 94 valence electrons. The second-order valence-electron chi connectivity index (χ2n) is 3.49. The molecule has 0 spiro atoms. The molecule has 0 amide bonds. The van der Waals surface area contributed by atoms with Crippen molar-refractivity contribution in [3.63, 3.8) is 0 Å². The Kier molecular flexibility index (Phi) is 5.31. The fourth-order valence-corrected chi connectivity index (χ4v) is 1.26. The van der Waals surface area contributed by atoms with Gasteiger partial charge in [0.25, 0.3) is 0 Å². The summed E-state index contributed by atoms with van der Waals surface area (Å²) in [5.41, 5.74) is 0.681. The average Bonchev–Trinajstić information content (AvgIpc) is 2.30. The first-order chi connectivity index (χ1) is 8.13. The topological polar surface area (TPSA) is 97.5 Å². The van der Waals surface area contributed by atoms with Crippen LogP contribution in [0.1, 0.15) is 6.42 Å². The zero-order chi connectivity index (χ0) is 12.7. The van der Waals surface area contributed by atoms with Gasteiger partial charge >= 0.3 is 5.82 Å². The van der Waals surface area contributed by atoms with Gasteiger partial charge in [-0.1, -0.05) is 0 Å². The fourth-order valence-electron chi connectivity index (χ4n) is 1.26. The predicted octanol–water partition coefficient (Wildman–Crippen LogP) is 0.799. The van der Waals surface area contributed by atoms with Gasteiger partial charge in [0.15, 0.2) is 6.20 Å². The number of nitrogens with one attached hydrogen (secondary N) is 1. The number of nitro groups is 1. The van der Waals surface area contributed by atoms with Crippen LogP contribution in [0, 0.1) is 10.1 Å². The number of aliphatic hydroxyl groups excluding tert-OH is 1. The highest BCUT2D eigenvalue weighted by atomic mass is 16.6. The van der Waals surface area contributed by atoms with Crippen LogP contribution in [0.15, 0.2) is 18.3 Å². The van der Waals surface area contributed by atoms with Crippen molar-refractivity contribution in [1.29, 1.82) is 0 Å². The third-order valence-electron chi connectivity index (χ3n) is 2.10. The Morgan fingerprint density at radius 3 is 2.94 bits per heavy atom. The van der Waals surface area contributed by atoms with E-state index in [1.54, 1.807) is 6.07 Å². The standard InChI is InChI=1S/C10H15N3O4/c1-17-7-9(14)4-5-11-8-2-3-10(12-6-8)13(15)16/h2-3,6,9,11,14H,4-5,7H2,1H3. The molecule has 7 heteroatoms. The Balaban J connectivity index is 2.34. The lowest BCUT2D eigenvalue weighted by molar-refractivity contribution is -0.389. The minimum Gasteiger partial charge on any atom is -0.391 e. The van der Waals surface area contributed by atoms with E-state index in [9.17, 15) is 15.2 Å². The molecular weight excluding hydrogens is 226 g/mol. The van der Waals surface area contributed by atoms with E-state index in [4.69, 9.17) is 4.74 Å². The molecule has 0 aliphatic heterocycles. The number of pyridine rings is 1. The second kappa shape index (κ2) is 6.77. The molecule has 17 heavy (non-hydrogen) atoms. The Labute approximate surface area is 98.6 Å². The molecule has 7 nitrogen and oxygen atoms in total. The number of hydrogen-bond donors (Lipinski definition) is 2. The molecule has 2 N–H and O–H groups in total. The molecule has 0 aromatic carbocycles. The van der Waals surface area contributed by atoms with Gasteiger partial charge in [-0.15, -0.1) is 0 Å². The van der Waals surface area contributed by atoms with Gasteiger partial charge in [0, 0.05) is 19.7 Å². The van der Waals surface area contributed by atoms with Crippen molar-refractivity contribution >= 4 is 11.5 Å². The number of aliphatic hydroxyl groups is 1. The van der Waals surface area contributed by atoms with Crippen molar-refractivity contribution in [2.75, 3.05) is 25.6 Å². The summed E-state index contributed by atoms with van der Waals surface area (Å²) in [4.78, 5) is 13.5. The lowest BCUT2D eigenvalue weighted by Crippen LogP contribution is -2.18. The van der Waals surface area contributed by atoms with E-state index in [1.165, 1.54) is 19.4 Å². The van der Waals surface area contributed by atoms with E-state index in [1.807, 2.05) is 0 Å². The summed E-state index contributed by atoms with van der Waals surface area (Å²) in [7, 11) is 1.52. The molecule has 0 bridgehead atoms. The van der Waals surface area contributed by atoms with Crippen molar-refractivity contribution in [1.82, 2.24) is 4.98 Å². The molecule has 0 saturated carbocycles. The first-order valence-corrected chi connectivity index (χ1v) is 5.15. The molecule has 0 fully saturated rings. The Morgan fingerprint density at radius 1 is 1.65 bits per heavy atom. The van der Waals surface area contributed by atoms with Crippen LogP contribution >= 0.6 is 0 Å². The van der Waals surface area contributed by atoms with Crippen LogP contribution in [-0.2, 0) is 4.74 Å². The van der Waals surface area contributed by atoms with Gasteiger partial charge in [-0.2, -0.15) is 0 Å². The van der Waals surface area contributed by atoms with E-state index in [-0.39, 0.29) is 5.82 Å². The summed E-state index contributed by atoms with van der Waals surface area (Å²) in [5.74, 6) is -0.185. The number of anilines is 1. The summed E-state index contributed by atoms with van der Waals surface area (Å²) < 4.78 is 4.78. The number of aromatic nitrogens is 1. The van der Waals surface area contributed by atoms with E-state index in [0.29, 0.717) is 25.3 Å². The van der Waals surface area contributed by atoms with E-state index in [0.717, 1.165) is 0 Å². The molecule has 1 atom stereocenters. The van der Waals surface area contributed by atoms with Crippen LogP contribution in [0.4, 0.5) is 11.5 Å². The van der Waals surface area contributed by atoms with Crippen molar-refractivity contribution in [2.45, 2.75) is 12.5 Å². The van der Waals surface area contributed by atoms with Gasteiger partial charge in [-0.25, -0.2) is 0 Å². The number of ether oxygens (including phenoxy) is 1. The number of methoxy groups -OCH3 is 1. The van der Waals surface area contributed by atoms with Crippen LogP contribution in [0.3, 0.4) is 0 Å². The van der Waals surface area contributed by atoms with Gasteiger partial charge in [-0.3, -0.25) is 0 Å². The number of hydrogen-bond acceptors (Lipinski definition) is 6. The third kappa shape index (κ3) is 4.75. The predicted molar refractivity (Wildman–Crippen MR) is 61.9 cm³/mol. The van der Waals surface area contributed by atoms with Crippen LogP contribution in [-0.4, -0.2) is 41.4 Å². The van der Waals surface area contributed by atoms with Crippen molar-refractivity contribution < 1.29 is 14.8 Å². The SMILES string of the molecule is COCC(O)CCNc1ccc([N+](=O)[O-])nc1. The minimum absolute atomic E-state index is 0.185. The quantitative estimate of drug-likeness (QED) is 0.541. The van der Waals surface area contributed by atoms with E-state index >= 15 is 0 Å². The normalized spacial score (nSPS) is 12.1. The minimum atomic E-state index is -0.549. The molecule has 1 heterocycles. The van der Waals surface area contributed by atoms with Gasteiger partial charge in [0.1, 0.15) is 0 Å². The molecular formula is C10H15N3O4. The van der Waals surface area contributed by atoms with Crippen LogP contribution in [0.2, 0.25) is 0 Å². The molecule has 1 aromatic rings. The first-order valence-electron chi connectivity index (χ1n) is 5.15. The number of rotatable bonds is 7. The van der Waals surface area contributed by atoms with Crippen molar-refractivity contribution in [3.8, 4) is 0 Å². The first kappa shape index (κ1) is 13.3. The fraction of sp³-hybridized carbons (Fsp3) is 0.500. The van der Waals surface area contributed by atoms with Gasteiger partial charge in [0.05, 0.1) is 18.4 Å². The van der Waals surface area contributed by atoms with Gasteiger partial charge < -0.3 is 25.3 Å². The highest BCUT2D eigenvalue weighted by Crippen LogP contribution is 2.11. The van der Waals surface area contributed by atoms with Crippen molar-refractivity contribution in [3.05, 3.63) is 28.4 Å². The zero-order valence-corrected chi connectivity index (χ0v) is 9.50. The summed E-state index contributed by atoms with van der Waals surface area (Å²) in [6.07, 6.45) is 1.41. The Bertz CT molecular complexity index is 355. The molecule has 1 unspecified atom stereocenters. The number of nitrogens with zero attached hydrogens (tertiary/aromatic N) is 2. The van der Waals surface area contributed by atoms with E-state index < -0.39 is 11.0 Å². The molecule has 0 aliphatic carbocycles. The molecule has 0 radical (unpaired) electrons. The highest BCUT2D eigenvalue weighted by Gasteiger charge is 2.06. The van der Waals surface area contributed by atoms with Crippen LogP contribution in [0.25, 0.3) is 0 Å². The second-order valence-corrected chi connectivity index (χ2v) is 3.49. The summed E-state index contributed by atoms with van der Waals surface area (Å²) >= 11 is 0. The maximum absolute atomic E-state index is 10.4. The van der Waals surface area contributed by atoms with Crippen molar-refractivity contribution in [2.24, 2.45) is 0 Å². The smallest absolute Gasteiger partial charge is 0.363 e. The van der Waals surface area contributed by atoms with E-state index in [2.05, 4.69) is 10.3 Å². The summed E-state index contributed by atoms with van der Waals surface area (Å²) in [5, 5.41) is 22.7. The van der Waals surface area contributed by atoms with Crippen LogP contribution in [0.5, 0.6) is 0 Å². The lowest BCUT2D eigenvalue weighted by atomic mass is 10.2. The third-order valence-corrected chi connectivity index (χ3v) is 2.10. The average molecular weight is 241 g/mol. The highest BCUT2D eigenvalue weighted by molar-refractivity contribution is 5.43. The molecule has 1 rings (SSSR count). The maximum atomic E-state index is 10.4. The summed E-state index contributed by atoms with van der Waals surface area (Å²) in [6.45, 7) is 0.838. The zero-order valence-electron chi connectivity index (χ0n) is 9.50. The molecule has 0 saturated heterocycles. The van der Waals surface area contributed by atoms with Gasteiger partial charge in [0.2, 0.25) is 0 Å². The Morgan fingerprint density at radius 2 is 2.41 bits per heavy atom. The molecule has 0 aliphatic rings. The lowest BCUT2D eigenvalue weighted by Gasteiger charge is -2.09. The largest absolute Gasteiger partial charge is 0.391 e. The monoisotopic (exact) mass is 241 g/mol.